The molecule has 1 aromatic rings. The molecule has 0 unspecified atom stereocenters. The fourth-order valence-corrected chi connectivity index (χ4v) is 5.23. The molecule has 158 valence electrons. The van der Waals surface area contributed by atoms with Crippen LogP contribution in [0.4, 0.5) is 0 Å². The average Bonchev–Trinajstić information content (AvgIpc) is 3.24. The standard InChI is InChI=1S/C21H36N6.HI/c1-17-24-25-19(26(17)2)15-22-20(23-18-9-5-3-6-10-18)27-14-13-21(16-27)11-7-4-8-12-21;/h18H,3-16H2,1-2H3,(H,22,23);1H. The number of nitrogens with zero attached hydrogens (tertiary/aromatic N) is 5. The lowest BCUT2D eigenvalue weighted by Crippen LogP contribution is -2.46. The van der Waals surface area contributed by atoms with Crippen molar-refractivity contribution in [3.05, 3.63) is 11.6 Å². The predicted octanol–water partition coefficient (Wildman–Crippen LogP) is 4.18. The predicted molar refractivity (Wildman–Crippen MR) is 124 cm³/mol. The average molecular weight is 500 g/mol. The Balaban J connectivity index is 0.00000225. The molecule has 0 amide bonds. The van der Waals surface area contributed by atoms with Gasteiger partial charge in [0.15, 0.2) is 11.8 Å². The van der Waals surface area contributed by atoms with Gasteiger partial charge >= 0.3 is 0 Å². The van der Waals surface area contributed by atoms with Crippen molar-refractivity contribution in [3.8, 4) is 0 Å². The van der Waals surface area contributed by atoms with Gasteiger partial charge in [0.1, 0.15) is 12.4 Å². The van der Waals surface area contributed by atoms with E-state index >= 15 is 0 Å². The molecule has 0 radical (unpaired) electrons. The highest BCUT2D eigenvalue weighted by atomic mass is 127. The first-order valence-corrected chi connectivity index (χ1v) is 11.1. The molecular formula is C21H37IN6. The number of aromatic nitrogens is 3. The first kappa shape index (κ1) is 21.8. The first-order chi connectivity index (χ1) is 13.2. The van der Waals surface area contributed by atoms with Crippen LogP contribution in [-0.2, 0) is 13.6 Å². The lowest BCUT2D eigenvalue weighted by Gasteiger charge is -2.34. The Bertz CT molecular complexity index is 658. The van der Waals surface area contributed by atoms with Gasteiger partial charge in [0.05, 0.1) is 0 Å². The van der Waals surface area contributed by atoms with Gasteiger partial charge in [-0.2, -0.15) is 0 Å². The van der Waals surface area contributed by atoms with E-state index < -0.39 is 0 Å². The fraction of sp³-hybridized carbons (Fsp3) is 0.857. The molecular weight excluding hydrogens is 463 g/mol. The second kappa shape index (κ2) is 9.76. The monoisotopic (exact) mass is 500 g/mol. The van der Waals surface area contributed by atoms with E-state index in [9.17, 15) is 0 Å². The van der Waals surface area contributed by atoms with Crippen LogP contribution in [0.25, 0.3) is 0 Å². The molecule has 4 rings (SSSR count). The summed E-state index contributed by atoms with van der Waals surface area (Å²) in [5.74, 6) is 3.01. The van der Waals surface area contributed by atoms with E-state index in [1.54, 1.807) is 0 Å². The van der Waals surface area contributed by atoms with Gasteiger partial charge in [-0.25, -0.2) is 4.99 Å². The highest BCUT2D eigenvalue weighted by Crippen LogP contribution is 2.43. The Morgan fingerprint density at radius 3 is 2.46 bits per heavy atom. The number of likely N-dealkylation sites (tertiary alicyclic amines) is 1. The first-order valence-electron chi connectivity index (χ1n) is 11.1. The zero-order chi connectivity index (χ0) is 18.7. The third kappa shape index (κ3) is 5.00. The summed E-state index contributed by atoms with van der Waals surface area (Å²) in [4.78, 5) is 7.58. The molecule has 7 heteroatoms. The molecule has 2 saturated carbocycles. The van der Waals surface area contributed by atoms with E-state index in [2.05, 4.69) is 20.4 Å². The van der Waals surface area contributed by atoms with Crippen LogP contribution >= 0.6 is 24.0 Å². The number of hydrogen-bond acceptors (Lipinski definition) is 3. The van der Waals surface area contributed by atoms with E-state index in [1.807, 2.05) is 18.5 Å². The van der Waals surface area contributed by atoms with Crippen molar-refractivity contribution in [1.82, 2.24) is 25.0 Å². The molecule has 28 heavy (non-hydrogen) atoms. The van der Waals surface area contributed by atoms with Gasteiger partial charge in [-0.1, -0.05) is 38.5 Å². The van der Waals surface area contributed by atoms with Crippen LogP contribution in [0.3, 0.4) is 0 Å². The summed E-state index contributed by atoms with van der Waals surface area (Å²) in [6, 6.07) is 0.585. The number of rotatable bonds is 3. The smallest absolute Gasteiger partial charge is 0.194 e. The minimum Gasteiger partial charge on any atom is -0.353 e. The van der Waals surface area contributed by atoms with Crippen molar-refractivity contribution >= 4 is 29.9 Å². The topological polar surface area (TPSA) is 58.3 Å². The van der Waals surface area contributed by atoms with Crippen LogP contribution in [0.2, 0.25) is 0 Å². The number of guanidine groups is 1. The summed E-state index contributed by atoms with van der Waals surface area (Å²) < 4.78 is 2.05. The highest BCUT2D eigenvalue weighted by molar-refractivity contribution is 14.0. The molecule has 2 heterocycles. The lowest BCUT2D eigenvalue weighted by atomic mass is 9.73. The van der Waals surface area contributed by atoms with E-state index in [-0.39, 0.29) is 24.0 Å². The van der Waals surface area contributed by atoms with Gasteiger partial charge in [0, 0.05) is 26.2 Å². The van der Waals surface area contributed by atoms with Crippen molar-refractivity contribution < 1.29 is 0 Å². The summed E-state index contributed by atoms with van der Waals surface area (Å²) in [6.07, 6.45) is 15.0. The molecule has 0 bridgehead atoms. The molecule has 1 saturated heterocycles. The normalized spacial score (nSPS) is 23.1. The van der Waals surface area contributed by atoms with Crippen molar-refractivity contribution in [3.63, 3.8) is 0 Å². The maximum absolute atomic E-state index is 5.03. The lowest BCUT2D eigenvalue weighted by molar-refractivity contribution is 0.202. The molecule has 0 aromatic carbocycles. The van der Waals surface area contributed by atoms with E-state index in [4.69, 9.17) is 4.99 Å². The molecule has 1 aliphatic heterocycles. The van der Waals surface area contributed by atoms with Crippen molar-refractivity contribution in [2.24, 2.45) is 17.5 Å². The molecule has 6 nitrogen and oxygen atoms in total. The van der Waals surface area contributed by atoms with Crippen LogP contribution in [0.15, 0.2) is 4.99 Å². The Morgan fingerprint density at radius 1 is 1.07 bits per heavy atom. The molecule has 3 aliphatic rings. The summed E-state index contributed by atoms with van der Waals surface area (Å²) in [5, 5.41) is 12.3. The van der Waals surface area contributed by atoms with Crippen molar-refractivity contribution in [1.29, 1.82) is 0 Å². The number of aryl methyl sites for hydroxylation is 1. The van der Waals surface area contributed by atoms with E-state index in [0.717, 1.165) is 24.2 Å². The zero-order valence-electron chi connectivity index (χ0n) is 17.6. The Morgan fingerprint density at radius 2 is 1.79 bits per heavy atom. The Kier molecular flexibility index (Phi) is 7.61. The zero-order valence-corrected chi connectivity index (χ0v) is 20.0. The SMILES string of the molecule is Cc1nnc(CN=C(NC2CCCCC2)N2CCC3(CCCCC3)C2)n1C.I. The molecule has 2 aliphatic carbocycles. The van der Waals surface area contributed by atoms with Gasteiger partial charge in [0.2, 0.25) is 0 Å². The maximum atomic E-state index is 5.03. The molecule has 0 atom stereocenters. The Labute approximate surface area is 187 Å². The second-order valence-corrected chi connectivity index (χ2v) is 9.07. The molecule has 3 fully saturated rings. The highest BCUT2D eigenvalue weighted by Gasteiger charge is 2.40. The van der Waals surface area contributed by atoms with Crippen LogP contribution in [-0.4, -0.2) is 44.8 Å². The number of halogens is 1. The second-order valence-electron chi connectivity index (χ2n) is 9.07. The van der Waals surface area contributed by atoms with E-state index in [1.165, 1.54) is 77.2 Å². The van der Waals surface area contributed by atoms with Crippen molar-refractivity contribution in [2.75, 3.05) is 13.1 Å². The summed E-state index contributed by atoms with van der Waals surface area (Å²) in [7, 11) is 2.03. The summed E-state index contributed by atoms with van der Waals surface area (Å²) in [6.45, 7) is 4.93. The third-order valence-corrected chi connectivity index (χ3v) is 7.14. The van der Waals surface area contributed by atoms with Gasteiger partial charge in [-0.15, -0.1) is 34.2 Å². The van der Waals surface area contributed by atoms with Crippen LogP contribution in [0.1, 0.15) is 82.3 Å². The third-order valence-electron chi connectivity index (χ3n) is 7.14. The van der Waals surface area contributed by atoms with Crippen LogP contribution in [0, 0.1) is 12.3 Å². The van der Waals surface area contributed by atoms with Crippen molar-refractivity contribution in [2.45, 2.75) is 90.1 Å². The molecule has 1 N–H and O–H groups in total. The van der Waals surface area contributed by atoms with E-state index in [0.29, 0.717) is 18.0 Å². The summed E-state index contributed by atoms with van der Waals surface area (Å²) in [5.41, 5.74) is 0.550. The molecule has 1 spiro atoms. The van der Waals surface area contributed by atoms with Crippen LogP contribution < -0.4 is 5.32 Å². The number of hydrogen-bond donors (Lipinski definition) is 1. The summed E-state index contributed by atoms with van der Waals surface area (Å²) >= 11 is 0. The van der Waals surface area contributed by atoms with Gasteiger partial charge < -0.3 is 14.8 Å². The largest absolute Gasteiger partial charge is 0.353 e. The molecule has 1 aromatic heterocycles. The van der Waals surface area contributed by atoms with Gasteiger partial charge in [-0.05, 0) is 44.4 Å². The number of aliphatic imine (C=N–C) groups is 1. The van der Waals surface area contributed by atoms with Gasteiger partial charge in [0.25, 0.3) is 0 Å². The minimum absolute atomic E-state index is 0. The fourth-order valence-electron chi connectivity index (χ4n) is 5.23. The quantitative estimate of drug-likeness (QED) is 0.385. The maximum Gasteiger partial charge on any atom is 0.194 e. The minimum atomic E-state index is 0. The van der Waals surface area contributed by atoms with Gasteiger partial charge in [-0.3, -0.25) is 0 Å². The Hall–Kier alpha value is -0.860. The van der Waals surface area contributed by atoms with Crippen LogP contribution in [0.5, 0.6) is 0 Å². The number of nitrogens with one attached hydrogen (secondary N) is 1.